The number of aryl methyl sites for hydroxylation is 2. The van der Waals surface area contributed by atoms with Crippen LogP contribution in [0.15, 0.2) is 68.1 Å². The van der Waals surface area contributed by atoms with E-state index in [0.29, 0.717) is 22.8 Å². The fourth-order valence-corrected chi connectivity index (χ4v) is 6.63. The summed E-state index contributed by atoms with van der Waals surface area (Å²) < 4.78 is 8.15. The summed E-state index contributed by atoms with van der Waals surface area (Å²) in [6, 6.07) is 15.0. The van der Waals surface area contributed by atoms with Crippen LogP contribution in [-0.2, 0) is 17.6 Å². The van der Waals surface area contributed by atoms with Crippen LogP contribution in [0.5, 0.6) is 5.75 Å². The second kappa shape index (κ2) is 11.6. The first-order chi connectivity index (χ1) is 18.0. The van der Waals surface area contributed by atoms with Gasteiger partial charge >= 0.3 is 0 Å². The summed E-state index contributed by atoms with van der Waals surface area (Å²) in [5, 5.41) is 5.24. The molecule has 10 heteroatoms. The molecule has 0 radical (unpaired) electrons. The molecule has 1 N–H and O–H groups in total. The summed E-state index contributed by atoms with van der Waals surface area (Å²) in [6.45, 7) is 2.49. The van der Waals surface area contributed by atoms with Crippen molar-refractivity contribution in [3.8, 4) is 11.4 Å². The second-order valence-corrected chi connectivity index (χ2v) is 11.4. The maximum Gasteiger partial charge on any atom is 0.267 e. The van der Waals surface area contributed by atoms with E-state index in [1.54, 1.807) is 22.1 Å². The van der Waals surface area contributed by atoms with Crippen LogP contribution < -0.4 is 15.7 Å². The number of thiophene rings is 1. The molecule has 37 heavy (non-hydrogen) atoms. The number of hydrogen-bond acceptors (Lipinski definition) is 7. The average Bonchev–Trinajstić information content (AvgIpc) is 3.28. The third kappa shape index (κ3) is 5.81. The highest BCUT2D eigenvalue weighted by molar-refractivity contribution is 9.10. The van der Waals surface area contributed by atoms with Crippen molar-refractivity contribution in [1.29, 1.82) is 0 Å². The number of halogens is 1. The molecule has 190 valence electrons. The molecule has 0 aliphatic heterocycles. The number of hydrazone groups is 1. The molecule has 0 atom stereocenters. The number of hydrogen-bond donors (Lipinski definition) is 1. The molecule has 0 unspecified atom stereocenters. The number of aromatic nitrogens is 2. The van der Waals surface area contributed by atoms with Crippen LogP contribution in [0.1, 0.15) is 35.8 Å². The fraction of sp³-hybridized carbons (Fsp3) is 0.259. The van der Waals surface area contributed by atoms with Gasteiger partial charge in [-0.05, 0) is 80.1 Å². The highest BCUT2D eigenvalue weighted by Crippen LogP contribution is 2.35. The molecule has 1 amide bonds. The summed E-state index contributed by atoms with van der Waals surface area (Å²) in [5.74, 6) is 0.521. The van der Waals surface area contributed by atoms with Gasteiger partial charge in [0.1, 0.15) is 10.6 Å². The summed E-state index contributed by atoms with van der Waals surface area (Å²) in [7, 11) is 0. The van der Waals surface area contributed by atoms with Crippen molar-refractivity contribution in [2.75, 3.05) is 12.4 Å². The summed E-state index contributed by atoms with van der Waals surface area (Å²) in [4.78, 5) is 33.3. The molecular formula is C27H25BrN4O3S2. The van der Waals surface area contributed by atoms with Gasteiger partial charge in [0.15, 0.2) is 5.16 Å². The Bertz CT molecular complexity index is 1510. The van der Waals surface area contributed by atoms with Crippen molar-refractivity contribution in [3.05, 3.63) is 79.4 Å². The average molecular weight is 598 g/mol. The number of nitrogens with one attached hydrogen (secondary N) is 1. The number of rotatable bonds is 8. The minimum absolute atomic E-state index is 0.0672. The Morgan fingerprint density at radius 3 is 2.70 bits per heavy atom. The molecule has 4 aromatic rings. The maximum absolute atomic E-state index is 13.8. The van der Waals surface area contributed by atoms with Crippen molar-refractivity contribution in [2.45, 2.75) is 37.8 Å². The normalized spacial score (nSPS) is 13.1. The maximum atomic E-state index is 13.8. The molecule has 2 aromatic heterocycles. The minimum Gasteiger partial charge on any atom is -0.494 e. The molecule has 1 aliphatic carbocycles. The molecule has 5 rings (SSSR count). The number of ether oxygens (including phenoxy) is 1. The van der Waals surface area contributed by atoms with E-state index in [2.05, 4.69) is 26.5 Å². The number of fused-ring (bicyclic) bond motifs is 3. The zero-order chi connectivity index (χ0) is 25.8. The molecule has 0 spiro atoms. The minimum atomic E-state index is -0.281. The van der Waals surface area contributed by atoms with E-state index in [4.69, 9.17) is 9.72 Å². The van der Waals surface area contributed by atoms with Gasteiger partial charge in [-0.1, -0.05) is 39.8 Å². The molecule has 0 saturated carbocycles. The van der Waals surface area contributed by atoms with Crippen LogP contribution in [0.4, 0.5) is 0 Å². The molecule has 0 saturated heterocycles. The first-order valence-electron chi connectivity index (χ1n) is 12.0. The number of nitrogens with zero attached hydrogens (tertiary/aromatic N) is 3. The quantitative estimate of drug-likeness (QED) is 0.121. The summed E-state index contributed by atoms with van der Waals surface area (Å²) in [6.07, 6.45) is 5.69. The second-order valence-electron chi connectivity index (χ2n) is 8.49. The zero-order valence-corrected chi connectivity index (χ0v) is 23.4. The van der Waals surface area contributed by atoms with Gasteiger partial charge in [-0.2, -0.15) is 5.10 Å². The van der Waals surface area contributed by atoms with Crippen LogP contribution in [0, 0.1) is 0 Å². The van der Waals surface area contributed by atoms with Gasteiger partial charge in [0.25, 0.3) is 11.5 Å². The molecule has 0 fully saturated rings. The zero-order valence-electron chi connectivity index (χ0n) is 20.2. The van der Waals surface area contributed by atoms with Gasteiger partial charge in [0.05, 0.1) is 29.6 Å². The lowest BCUT2D eigenvalue weighted by Gasteiger charge is -2.14. The Balaban J connectivity index is 1.43. The highest BCUT2D eigenvalue weighted by atomic mass is 79.9. The van der Waals surface area contributed by atoms with Crippen LogP contribution >= 0.6 is 39.0 Å². The number of carbonyl (C=O) groups excluding carboxylic acids is 1. The standard InChI is InChI=1S/C27H25BrN4O3S2/c1-2-35-20-13-11-19(12-14-20)32-26(34)24-21-5-3-4-6-22(21)37-25(24)30-27(32)36-16-23(33)31-29-15-17-7-9-18(28)10-8-17/h7-15H,2-6,16H2,1H3,(H,31,33). The largest absolute Gasteiger partial charge is 0.494 e. The Labute approximate surface area is 231 Å². The molecule has 2 aromatic carbocycles. The Morgan fingerprint density at radius 1 is 1.19 bits per heavy atom. The number of amides is 1. The Morgan fingerprint density at radius 2 is 1.95 bits per heavy atom. The van der Waals surface area contributed by atoms with E-state index in [9.17, 15) is 9.59 Å². The van der Waals surface area contributed by atoms with E-state index >= 15 is 0 Å². The van der Waals surface area contributed by atoms with Gasteiger partial charge in [0, 0.05) is 9.35 Å². The van der Waals surface area contributed by atoms with E-state index in [1.165, 1.54) is 16.6 Å². The molecule has 7 nitrogen and oxygen atoms in total. The van der Waals surface area contributed by atoms with E-state index in [0.717, 1.165) is 51.9 Å². The first-order valence-corrected chi connectivity index (χ1v) is 14.6. The van der Waals surface area contributed by atoms with Gasteiger partial charge in [-0.3, -0.25) is 14.2 Å². The highest BCUT2D eigenvalue weighted by Gasteiger charge is 2.23. The smallest absolute Gasteiger partial charge is 0.267 e. The van der Waals surface area contributed by atoms with Crippen molar-refractivity contribution in [1.82, 2.24) is 15.0 Å². The Kier molecular flexibility index (Phi) is 8.07. The SMILES string of the molecule is CCOc1ccc(-n2c(SCC(=O)NN=Cc3ccc(Br)cc3)nc3sc4c(c3c2=O)CCCC4)cc1. The molecule has 2 heterocycles. The third-order valence-electron chi connectivity index (χ3n) is 5.97. The van der Waals surface area contributed by atoms with Crippen LogP contribution in [-0.4, -0.2) is 34.0 Å². The summed E-state index contributed by atoms with van der Waals surface area (Å²) in [5.41, 5.74) is 5.16. The predicted molar refractivity (Wildman–Crippen MR) is 154 cm³/mol. The van der Waals surface area contributed by atoms with Gasteiger partial charge in [0.2, 0.25) is 0 Å². The van der Waals surface area contributed by atoms with Crippen molar-refractivity contribution in [3.63, 3.8) is 0 Å². The van der Waals surface area contributed by atoms with Crippen LogP contribution in [0.3, 0.4) is 0 Å². The molecule has 0 bridgehead atoms. The van der Waals surface area contributed by atoms with Crippen LogP contribution in [0.2, 0.25) is 0 Å². The van der Waals surface area contributed by atoms with Crippen molar-refractivity contribution in [2.24, 2.45) is 5.10 Å². The van der Waals surface area contributed by atoms with Gasteiger partial charge in [-0.25, -0.2) is 10.4 Å². The molecule has 1 aliphatic rings. The summed E-state index contributed by atoms with van der Waals surface area (Å²) >= 11 is 6.22. The Hall–Kier alpha value is -2.95. The number of thioether (sulfide) groups is 1. The van der Waals surface area contributed by atoms with Crippen molar-refractivity contribution >= 4 is 61.4 Å². The van der Waals surface area contributed by atoms with E-state index in [-0.39, 0.29) is 17.2 Å². The van der Waals surface area contributed by atoms with Crippen LogP contribution in [0.25, 0.3) is 15.9 Å². The first kappa shape index (κ1) is 25.7. The van der Waals surface area contributed by atoms with E-state index < -0.39 is 0 Å². The molecular weight excluding hydrogens is 572 g/mol. The number of benzene rings is 2. The number of carbonyl (C=O) groups is 1. The lowest BCUT2D eigenvalue weighted by atomic mass is 9.97. The fourth-order valence-electron chi connectivity index (χ4n) is 4.26. The lowest BCUT2D eigenvalue weighted by Crippen LogP contribution is -2.24. The predicted octanol–water partition coefficient (Wildman–Crippen LogP) is 5.73. The van der Waals surface area contributed by atoms with Gasteiger partial charge in [-0.15, -0.1) is 11.3 Å². The topological polar surface area (TPSA) is 85.6 Å². The van der Waals surface area contributed by atoms with E-state index in [1.807, 2.05) is 55.5 Å². The van der Waals surface area contributed by atoms with Gasteiger partial charge < -0.3 is 4.74 Å². The third-order valence-corrected chi connectivity index (χ3v) is 8.62. The van der Waals surface area contributed by atoms with Crippen molar-refractivity contribution < 1.29 is 9.53 Å². The monoisotopic (exact) mass is 596 g/mol. The lowest BCUT2D eigenvalue weighted by molar-refractivity contribution is -0.118.